The second-order valence-corrected chi connectivity index (χ2v) is 6.44. The molecule has 0 aliphatic rings. The van der Waals surface area contributed by atoms with Crippen LogP contribution in [0.3, 0.4) is 0 Å². The van der Waals surface area contributed by atoms with Gasteiger partial charge in [-0.15, -0.1) is 0 Å². The maximum absolute atomic E-state index is 9.29. The monoisotopic (exact) mass is 301 g/mol. The predicted molar refractivity (Wildman–Crippen MR) is 94.3 cm³/mol. The molecule has 0 spiro atoms. The highest BCUT2D eigenvalue weighted by molar-refractivity contribution is 7.98. The zero-order chi connectivity index (χ0) is 15.3. The fraction of sp³-hybridized carbons (Fsp3) is 0.526. The summed E-state index contributed by atoms with van der Waals surface area (Å²) in [7, 11) is 0. The zero-order valence-electron chi connectivity index (χ0n) is 13.4. The Morgan fingerprint density at radius 2 is 1.76 bits per heavy atom. The molecule has 1 aromatic rings. The topological polar surface area (TPSA) is 23.8 Å². The Labute approximate surface area is 134 Å². The van der Waals surface area contributed by atoms with Gasteiger partial charge in [0.1, 0.15) is 0 Å². The van der Waals surface area contributed by atoms with E-state index in [0.717, 1.165) is 43.4 Å². The first-order valence-electron chi connectivity index (χ1n) is 8.04. The van der Waals surface area contributed by atoms with Crippen molar-refractivity contribution in [3.8, 4) is 6.07 Å². The third kappa shape index (κ3) is 7.39. The van der Waals surface area contributed by atoms with Crippen molar-refractivity contribution in [3.05, 3.63) is 47.0 Å². The van der Waals surface area contributed by atoms with Crippen LogP contribution >= 0.6 is 11.8 Å². The largest absolute Gasteiger partial charge is 0.193 e. The van der Waals surface area contributed by atoms with Crippen molar-refractivity contribution in [1.29, 1.82) is 5.26 Å². The summed E-state index contributed by atoms with van der Waals surface area (Å²) in [4.78, 5) is 0. The molecule has 0 unspecified atom stereocenters. The van der Waals surface area contributed by atoms with Crippen LogP contribution in [0, 0.1) is 11.3 Å². The van der Waals surface area contributed by atoms with E-state index in [-0.39, 0.29) is 0 Å². The number of allylic oxidation sites excluding steroid dienone is 2. The molecule has 0 bridgehead atoms. The van der Waals surface area contributed by atoms with E-state index < -0.39 is 0 Å². The molecule has 21 heavy (non-hydrogen) atoms. The van der Waals surface area contributed by atoms with Gasteiger partial charge in [-0.1, -0.05) is 62.6 Å². The molecule has 0 heterocycles. The van der Waals surface area contributed by atoms with Crippen LogP contribution < -0.4 is 0 Å². The minimum absolute atomic E-state index is 0.947. The van der Waals surface area contributed by atoms with Crippen molar-refractivity contribution in [2.75, 3.05) is 5.75 Å². The van der Waals surface area contributed by atoms with E-state index in [2.05, 4.69) is 50.2 Å². The van der Waals surface area contributed by atoms with Crippen LogP contribution in [-0.4, -0.2) is 5.75 Å². The Morgan fingerprint density at radius 1 is 1.05 bits per heavy atom. The Kier molecular flexibility index (Phi) is 9.74. The van der Waals surface area contributed by atoms with Crippen molar-refractivity contribution < 1.29 is 0 Å². The second kappa shape index (κ2) is 11.5. The fourth-order valence-corrected chi connectivity index (χ4v) is 3.36. The summed E-state index contributed by atoms with van der Waals surface area (Å²) < 4.78 is 0. The first-order chi connectivity index (χ1) is 10.3. The van der Waals surface area contributed by atoms with Gasteiger partial charge in [-0.3, -0.25) is 0 Å². The van der Waals surface area contributed by atoms with Crippen molar-refractivity contribution in [2.45, 2.75) is 58.1 Å². The molecule has 0 N–H and O–H groups in total. The molecule has 0 saturated carbocycles. The Hall–Kier alpha value is -1.20. The number of benzene rings is 1. The lowest BCUT2D eigenvalue weighted by atomic mass is 9.97. The number of hydrogen-bond acceptors (Lipinski definition) is 2. The molecule has 1 nitrogen and oxygen atoms in total. The van der Waals surface area contributed by atoms with Crippen LogP contribution in [0.1, 0.15) is 57.9 Å². The highest BCUT2D eigenvalue weighted by Crippen LogP contribution is 2.22. The summed E-state index contributed by atoms with van der Waals surface area (Å²) in [6.45, 7) is 4.35. The number of rotatable bonds is 10. The minimum atomic E-state index is 0.947. The van der Waals surface area contributed by atoms with Gasteiger partial charge in [0.2, 0.25) is 0 Å². The molecule has 0 aliphatic heterocycles. The lowest BCUT2D eigenvalue weighted by Gasteiger charge is -2.09. The molecule has 0 aliphatic carbocycles. The van der Waals surface area contributed by atoms with Crippen LogP contribution in [0.4, 0.5) is 0 Å². The molecule has 0 aromatic heterocycles. The third-order valence-electron chi connectivity index (χ3n) is 3.49. The highest BCUT2D eigenvalue weighted by Gasteiger charge is 2.05. The molecule has 0 radical (unpaired) electrons. The van der Waals surface area contributed by atoms with Gasteiger partial charge < -0.3 is 0 Å². The fourth-order valence-electron chi connectivity index (χ4n) is 2.44. The quantitative estimate of drug-likeness (QED) is 0.384. The first-order valence-corrected chi connectivity index (χ1v) is 9.19. The Balaban J connectivity index is 2.35. The molecule has 2 heteroatoms. The van der Waals surface area contributed by atoms with Gasteiger partial charge in [-0.25, -0.2) is 0 Å². The van der Waals surface area contributed by atoms with Gasteiger partial charge in [0.15, 0.2) is 0 Å². The molecular weight excluding hydrogens is 274 g/mol. The van der Waals surface area contributed by atoms with Gasteiger partial charge in [0, 0.05) is 11.3 Å². The van der Waals surface area contributed by atoms with Gasteiger partial charge >= 0.3 is 0 Å². The maximum atomic E-state index is 9.29. The zero-order valence-corrected chi connectivity index (χ0v) is 14.2. The summed E-state index contributed by atoms with van der Waals surface area (Å²) in [5.41, 5.74) is 3.85. The van der Waals surface area contributed by atoms with E-state index in [1.165, 1.54) is 23.3 Å². The molecule has 0 fully saturated rings. The van der Waals surface area contributed by atoms with E-state index in [1.807, 2.05) is 11.8 Å². The van der Waals surface area contributed by atoms with Crippen LogP contribution in [-0.2, 0) is 5.75 Å². The van der Waals surface area contributed by atoms with Gasteiger partial charge in [0.25, 0.3) is 0 Å². The molecule has 114 valence electrons. The summed E-state index contributed by atoms with van der Waals surface area (Å²) in [6, 6.07) is 13.1. The van der Waals surface area contributed by atoms with Gasteiger partial charge in [-0.2, -0.15) is 17.0 Å². The average Bonchev–Trinajstić information content (AvgIpc) is 2.52. The Bertz CT molecular complexity index is 456. The van der Waals surface area contributed by atoms with E-state index in [1.54, 1.807) is 0 Å². The molecule has 0 atom stereocenters. The number of nitriles is 1. The average molecular weight is 301 g/mol. The van der Waals surface area contributed by atoms with Gasteiger partial charge in [0.05, 0.1) is 6.07 Å². The van der Waals surface area contributed by atoms with Crippen molar-refractivity contribution in [1.82, 2.24) is 0 Å². The SMILES string of the molecule is CCC/C(C#N)=C(\CCC)CCCSCc1ccccc1. The first kappa shape index (κ1) is 17.9. The smallest absolute Gasteiger partial charge is 0.0946 e. The maximum Gasteiger partial charge on any atom is 0.0946 e. The van der Waals surface area contributed by atoms with Gasteiger partial charge in [-0.05, 0) is 37.0 Å². The minimum Gasteiger partial charge on any atom is -0.193 e. The summed E-state index contributed by atoms with van der Waals surface area (Å²) in [5.74, 6) is 2.26. The van der Waals surface area contributed by atoms with E-state index in [0.29, 0.717) is 0 Å². The third-order valence-corrected chi connectivity index (χ3v) is 4.61. The molecule has 0 saturated heterocycles. The van der Waals surface area contributed by atoms with Crippen molar-refractivity contribution in [2.24, 2.45) is 0 Å². The van der Waals surface area contributed by atoms with Crippen LogP contribution in [0.15, 0.2) is 41.5 Å². The lowest BCUT2D eigenvalue weighted by Crippen LogP contribution is -1.93. The van der Waals surface area contributed by atoms with E-state index >= 15 is 0 Å². The van der Waals surface area contributed by atoms with Crippen LogP contribution in [0.2, 0.25) is 0 Å². The number of thioether (sulfide) groups is 1. The summed E-state index contributed by atoms with van der Waals surface area (Å²) in [6.07, 6.45) is 6.52. The number of nitrogens with zero attached hydrogens (tertiary/aromatic N) is 1. The summed E-state index contributed by atoms with van der Waals surface area (Å²) in [5, 5.41) is 9.29. The standard InChI is InChI=1S/C19H27NS/c1-3-9-18(19(15-20)10-4-2)13-8-14-21-16-17-11-6-5-7-12-17/h5-7,11-12H,3-4,8-10,13-14,16H2,1-2H3/b19-18-. The predicted octanol–water partition coefficient (Wildman–Crippen LogP) is 6.12. The van der Waals surface area contributed by atoms with Crippen molar-refractivity contribution in [3.63, 3.8) is 0 Å². The lowest BCUT2D eigenvalue weighted by molar-refractivity contribution is 0.779. The normalized spacial score (nSPS) is 11.9. The van der Waals surface area contributed by atoms with E-state index in [4.69, 9.17) is 0 Å². The Morgan fingerprint density at radius 3 is 2.38 bits per heavy atom. The molecule has 1 rings (SSSR count). The van der Waals surface area contributed by atoms with Crippen LogP contribution in [0.5, 0.6) is 0 Å². The molecule has 1 aromatic carbocycles. The summed E-state index contributed by atoms with van der Waals surface area (Å²) >= 11 is 1.99. The highest BCUT2D eigenvalue weighted by atomic mass is 32.2. The van der Waals surface area contributed by atoms with Crippen LogP contribution in [0.25, 0.3) is 0 Å². The van der Waals surface area contributed by atoms with E-state index in [9.17, 15) is 5.26 Å². The molecular formula is C19H27NS. The number of hydrogen-bond donors (Lipinski definition) is 0. The molecule has 0 amide bonds. The second-order valence-electron chi connectivity index (χ2n) is 5.34. The van der Waals surface area contributed by atoms with Crippen molar-refractivity contribution >= 4 is 11.8 Å².